The lowest BCUT2D eigenvalue weighted by Crippen LogP contribution is -1.99. The molecule has 0 N–H and O–H groups in total. The molecule has 1 aliphatic rings. The van der Waals surface area contributed by atoms with E-state index in [0.29, 0.717) is 28.0 Å². The zero-order valence-corrected chi connectivity index (χ0v) is 9.68. The van der Waals surface area contributed by atoms with E-state index >= 15 is 0 Å². The highest BCUT2D eigenvalue weighted by molar-refractivity contribution is 6.30. The zero-order valence-electron chi connectivity index (χ0n) is 8.92. The Hall–Kier alpha value is -2.27. The number of rotatable bonds is 1. The summed E-state index contributed by atoms with van der Waals surface area (Å²) in [5.41, 5.74) is -0.0465. The minimum atomic E-state index is -0.485. The van der Waals surface area contributed by atoms with E-state index in [2.05, 4.69) is 0 Å². The number of ether oxygens (including phenoxy) is 2. The number of nitro groups is 1. The van der Waals surface area contributed by atoms with Crippen LogP contribution >= 0.6 is 11.6 Å². The number of nitro benzene ring substituents is 1. The van der Waals surface area contributed by atoms with E-state index in [4.69, 9.17) is 21.1 Å². The summed E-state index contributed by atoms with van der Waals surface area (Å²) in [6, 6.07) is 9.12. The number of fused-ring (bicyclic) bond motifs is 2. The Bertz CT molecular complexity index is 657. The van der Waals surface area contributed by atoms with Crippen LogP contribution in [0.15, 0.2) is 36.4 Å². The predicted octanol–water partition coefficient (Wildman–Crippen LogP) is 4.15. The van der Waals surface area contributed by atoms with Crippen molar-refractivity contribution in [3.8, 4) is 23.0 Å². The van der Waals surface area contributed by atoms with Crippen LogP contribution in [0.5, 0.6) is 23.0 Å². The second kappa shape index (κ2) is 3.89. The van der Waals surface area contributed by atoms with Gasteiger partial charge in [-0.3, -0.25) is 10.1 Å². The van der Waals surface area contributed by atoms with Crippen molar-refractivity contribution < 1.29 is 14.4 Å². The number of hydrogen-bond donors (Lipinski definition) is 0. The molecule has 90 valence electrons. The summed E-state index contributed by atoms with van der Waals surface area (Å²) in [4.78, 5) is 10.2. The molecule has 2 aromatic carbocycles. The molecular formula is C12H6ClNO4. The van der Waals surface area contributed by atoms with Gasteiger partial charge in [-0.15, -0.1) is 0 Å². The number of non-ortho nitro benzene ring substituents is 1. The average Bonchev–Trinajstić information content (AvgIpc) is 2.35. The maximum atomic E-state index is 10.7. The topological polar surface area (TPSA) is 61.6 Å². The molecule has 1 heterocycles. The summed E-state index contributed by atoms with van der Waals surface area (Å²) in [6.07, 6.45) is 0. The van der Waals surface area contributed by atoms with E-state index in [9.17, 15) is 10.1 Å². The van der Waals surface area contributed by atoms with Gasteiger partial charge < -0.3 is 9.47 Å². The second-order valence-electron chi connectivity index (χ2n) is 3.68. The third kappa shape index (κ3) is 1.74. The van der Waals surface area contributed by atoms with Crippen LogP contribution in [0.3, 0.4) is 0 Å². The van der Waals surface area contributed by atoms with Gasteiger partial charge >= 0.3 is 0 Å². The van der Waals surface area contributed by atoms with E-state index in [1.807, 2.05) is 0 Å². The highest BCUT2D eigenvalue weighted by Gasteiger charge is 2.21. The Kier molecular flexibility index (Phi) is 2.34. The van der Waals surface area contributed by atoms with Gasteiger partial charge in [-0.2, -0.15) is 0 Å². The number of benzene rings is 2. The second-order valence-corrected chi connectivity index (χ2v) is 4.12. The third-order valence-electron chi connectivity index (χ3n) is 2.48. The van der Waals surface area contributed by atoms with Crippen molar-refractivity contribution in [1.29, 1.82) is 0 Å². The van der Waals surface area contributed by atoms with Crippen LogP contribution in [0.4, 0.5) is 5.69 Å². The average molecular weight is 264 g/mol. The Labute approximate surface area is 107 Å². The summed E-state index contributed by atoms with van der Waals surface area (Å²) < 4.78 is 11.1. The molecule has 0 radical (unpaired) electrons. The van der Waals surface area contributed by atoms with E-state index in [0.717, 1.165) is 0 Å². The highest BCUT2D eigenvalue weighted by Crippen LogP contribution is 2.46. The molecule has 3 rings (SSSR count). The molecule has 0 atom stereocenters. The molecule has 0 spiro atoms. The van der Waals surface area contributed by atoms with Crippen LogP contribution in [0, 0.1) is 10.1 Å². The van der Waals surface area contributed by atoms with Gasteiger partial charge in [0, 0.05) is 17.2 Å². The van der Waals surface area contributed by atoms with E-state index < -0.39 is 4.92 Å². The first kappa shape index (κ1) is 10.9. The van der Waals surface area contributed by atoms with Crippen molar-refractivity contribution >= 4 is 17.3 Å². The van der Waals surface area contributed by atoms with Crippen LogP contribution in [-0.4, -0.2) is 4.92 Å². The van der Waals surface area contributed by atoms with Gasteiger partial charge in [-0.05, 0) is 18.2 Å². The highest BCUT2D eigenvalue weighted by atomic mass is 35.5. The lowest BCUT2D eigenvalue weighted by atomic mass is 10.2. The van der Waals surface area contributed by atoms with Crippen molar-refractivity contribution in [3.05, 3.63) is 51.5 Å². The molecule has 2 aromatic rings. The Balaban J connectivity index is 2.05. The fourth-order valence-corrected chi connectivity index (χ4v) is 1.82. The van der Waals surface area contributed by atoms with Crippen LogP contribution in [0.1, 0.15) is 0 Å². The molecular weight excluding hydrogens is 258 g/mol. The van der Waals surface area contributed by atoms with Gasteiger partial charge in [0.25, 0.3) is 5.69 Å². The molecule has 5 nitrogen and oxygen atoms in total. The molecule has 0 unspecified atom stereocenters. The first-order valence-corrected chi connectivity index (χ1v) is 5.45. The van der Waals surface area contributed by atoms with Crippen LogP contribution in [0.25, 0.3) is 0 Å². The van der Waals surface area contributed by atoms with Crippen LogP contribution in [-0.2, 0) is 0 Å². The zero-order chi connectivity index (χ0) is 12.7. The number of hydrogen-bond acceptors (Lipinski definition) is 4. The molecule has 0 saturated heterocycles. The summed E-state index contributed by atoms with van der Waals surface area (Å²) in [7, 11) is 0. The molecule has 0 aromatic heterocycles. The van der Waals surface area contributed by atoms with Crippen molar-refractivity contribution in [2.45, 2.75) is 0 Å². The van der Waals surface area contributed by atoms with Crippen molar-refractivity contribution in [2.75, 3.05) is 0 Å². The van der Waals surface area contributed by atoms with Gasteiger partial charge in [0.15, 0.2) is 23.0 Å². The van der Waals surface area contributed by atoms with Gasteiger partial charge in [-0.25, -0.2) is 0 Å². The molecule has 0 fully saturated rings. The molecule has 0 saturated carbocycles. The van der Waals surface area contributed by atoms with Gasteiger partial charge in [-0.1, -0.05) is 11.6 Å². The smallest absolute Gasteiger partial charge is 0.273 e. The van der Waals surface area contributed by atoms with Crippen molar-refractivity contribution in [3.63, 3.8) is 0 Å². The Morgan fingerprint density at radius 2 is 1.56 bits per heavy atom. The number of nitrogens with zero attached hydrogens (tertiary/aromatic N) is 1. The third-order valence-corrected chi connectivity index (χ3v) is 2.72. The van der Waals surface area contributed by atoms with Gasteiger partial charge in [0.2, 0.25) is 0 Å². The SMILES string of the molecule is O=[N+]([O-])c1ccc2c(c1)Oc1ccc(Cl)cc1O2. The fourth-order valence-electron chi connectivity index (χ4n) is 1.66. The van der Waals surface area contributed by atoms with Gasteiger partial charge in [0.1, 0.15) is 0 Å². The molecule has 0 amide bonds. The first-order valence-electron chi connectivity index (χ1n) is 5.07. The minimum absolute atomic E-state index is 0.0465. The lowest BCUT2D eigenvalue weighted by Gasteiger charge is -2.20. The molecule has 0 aliphatic carbocycles. The lowest BCUT2D eigenvalue weighted by molar-refractivity contribution is -0.384. The Morgan fingerprint density at radius 1 is 0.944 bits per heavy atom. The monoisotopic (exact) mass is 263 g/mol. The summed E-state index contributed by atoms with van der Waals surface area (Å²) in [5.74, 6) is 1.71. The minimum Gasteiger partial charge on any atom is -0.449 e. The van der Waals surface area contributed by atoms with Crippen LogP contribution in [0.2, 0.25) is 5.02 Å². The molecule has 1 aliphatic heterocycles. The van der Waals surface area contributed by atoms with E-state index in [1.165, 1.54) is 18.2 Å². The van der Waals surface area contributed by atoms with Crippen LogP contribution < -0.4 is 9.47 Å². The predicted molar refractivity (Wildman–Crippen MR) is 64.7 cm³/mol. The first-order chi connectivity index (χ1) is 8.63. The largest absolute Gasteiger partial charge is 0.449 e. The Morgan fingerprint density at radius 3 is 2.22 bits per heavy atom. The van der Waals surface area contributed by atoms with E-state index in [1.54, 1.807) is 18.2 Å². The fraction of sp³-hybridized carbons (Fsp3) is 0. The molecule has 0 bridgehead atoms. The van der Waals surface area contributed by atoms with E-state index in [-0.39, 0.29) is 5.69 Å². The van der Waals surface area contributed by atoms with Crippen molar-refractivity contribution in [1.82, 2.24) is 0 Å². The van der Waals surface area contributed by atoms with Crippen molar-refractivity contribution in [2.24, 2.45) is 0 Å². The maximum absolute atomic E-state index is 10.7. The molecule has 18 heavy (non-hydrogen) atoms. The molecule has 6 heteroatoms. The normalized spacial score (nSPS) is 11.8. The standard InChI is InChI=1S/C12H6ClNO4/c13-7-1-3-9-11(5-7)17-10-4-2-8(14(15)16)6-12(10)18-9/h1-6H. The summed E-state index contributed by atoms with van der Waals surface area (Å²) in [5, 5.41) is 11.2. The van der Waals surface area contributed by atoms with Gasteiger partial charge in [0.05, 0.1) is 11.0 Å². The quantitative estimate of drug-likeness (QED) is 0.489. The summed E-state index contributed by atoms with van der Waals surface area (Å²) in [6.45, 7) is 0. The summed E-state index contributed by atoms with van der Waals surface area (Å²) >= 11 is 5.85. The number of halogens is 1. The maximum Gasteiger partial charge on any atom is 0.273 e.